The molecule has 2 rings (SSSR count). The van der Waals surface area contributed by atoms with Crippen molar-refractivity contribution in [3.63, 3.8) is 0 Å². The van der Waals surface area contributed by atoms with Gasteiger partial charge in [0.2, 0.25) is 0 Å². The first-order valence-corrected chi connectivity index (χ1v) is 6.79. The molecular formula is C17H19ClF3NO. The molecule has 23 heavy (non-hydrogen) atoms. The molecule has 0 aliphatic rings. The van der Waals surface area contributed by atoms with E-state index in [2.05, 4.69) is 5.32 Å². The summed E-state index contributed by atoms with van der Waals surface area (Å²) in [6, 6.07) is 13.6. The predicted molar refractivity (Wildman–Crippen MR) is 87.0 cm³/mol. The zero-order valence-corrected chi connectivity index (χ0v) is 13.0. The fraction of sp³-hybridized carbons (Fsp3) is 0.294. The van der Waals surface area contributed by atoms with Crippen LogP contribution in [0.3, 0.4) is 0 Å². The quantitative estimate of drug-likeness (QED) is 0.805. The summed E-state index contributed by atoms with van der Waals surface area (Å²) in [7, 11) is 0. The Labute approximate surface area is 144 Å². The number of alkyl halides is 3. The summed E-state index contributed by atoms with van der Waals surface area (Å²) in [6.45, 7) is -2.15. The molecule has 1 unspecified atom stereocenters. The van der Waals surface area contributed by atoms with Gasteiger partial charge in [-0.2, -0.15) is 13.2 Å². The zero-order valence-electron chi connectivity index (χ0n) is 15.1. The maximum atomic E-state index is 12.8. The number of hydrogen-bond donors (Lipinski definition) is 1. The Kier molecular flexibility index (Phi) is 5.68. The zero-order chi connectivity index (χ0) is 18.5. The fourth-order valence-corrected chi connectivity index (χ4v) is 2.07. The van der Waals surface area contributed by atoms with Crippen LogP contribution in [0.25, 0.3) is 0 Å². The van der Waals surface area contributed by atoms with Crippen molar-refractivity contribution in [2.75, 3.05) is 13.5 Å². The molecule has 0 bridgehead atoms. The molecule has 0 amide bonds. The van der Waals surface area contributed by atoms with Crippen molar-refractivity contribution < 1.29 is 22.0 Å². The molecule has 2 aromatic carbocycles. The highest BCUT2D eigenvalue weighted by Crippen LogP contribution is 2.33. The van der Waals surface area contributed by atoms with Gasteiger partial charge in [0.05, 0.1) is 5.56 Å². The first-order chi connectivity index (χ1) is 11.6. The lowest BCUT2D eigenvalue weighted by atomic mass is 10.1. The smallest absolute Gasteiger partial charge is 0.416 e. The predicted octanol–water partition coefficient (Wildman–Crippen LogP) is 4.86. The molecule has 0 aliphatic carbocycles. The molecule has 6 heteroatoms. The van der Waals surface area contributed by atoms with E-state index < -0.39 is 24.8 Å². The van der Waals surface area contributed by atoms with E-state index in [-0.39, 0.29) is 24.7 Å². The number of ether oxygens (including phenoxy) is 1. The van der Waals surface area contributed by atoms with Crippen LogP contribution in [0, 0.1) is 0 Å². The van der Waals surface area contributed by atoms with Crippen LogP contribution in [0.5, 0.6) is 5.75 Å². The topological polar surface area (TPSA) is 21.3 Å². The summed E-state index contributed by atoms with van der Waals surface area (Å²) in [4.78, 5) is 0. The minimum Gasteiger partial charge on any atom is -0.486 e. The SMILES string of the molecule is Cl.[2H]C([2H])([2H])NCCC(Oc1cccc(C(F)(F)F)c1)c1ccccc1. The fourth-order valence-electron chi connectivity index (χ4n) is 2.07. The summed E-state index contributed by atoms with van der Waals surface area (Å²) < 4.78 is 65.7. The maximum Gasteiger partial charge on any atom is 0.416 e. The van der Waals surface area contributed by atoms with Gasteiger partial charge in [0.15, 0.2) is 0 Å². The molecular weight excluding hydrogens is 327 g/mol. The molecule has 0 heterocycles. The van der Waals surface area contributed by atoms with Crippen molar-refractivity contribution in [2.45, 2.75) is 18.7 Å². The Morgan fingerprint density at radius 2 is 1.87 bits per heavy atom. The van der Waals surface area contributed by atoms with Crippen LogP contribution >= 0.6 is 12.4 Å². The lowest BCUT2D eigenvalue weighted by Crippen LogP contribution is -2.16. The Morgan fingerprint density at radius 3 is 2.52 bits per heavy atom. The van der Waals surface area contributed by atoms with Crippen molar-refractivity contribution >= 4 is 12.4 Å². The third kappa shape index (κ3) is 5.77. The highest BCUT2D eigenvalue weighted by atomic mass is 35.5. The van der Waals surface area contributed by atoms with Crippen molar-refractivity contribution in [3.05, 3.63) is 65.7 Å². The van der Waals surface area contributed by atoms with Crippen LogP contribution in [-0.4, -0.2) is 13.5 Å². The van der Waals surface area contributed by atoms with Gasteiger partial charge in [-0.05, 0) is 37.3 Å². The van der Waals surface area contributed by atoms with Gasteiger partial charge in [-0.3, -0.25) is 0 Å². The standard InChI is InChI=1S/C17H18F3NO.ClH/c1-21-11-10-16(13-6-3-2-4-7-13)22-15-9-5-8-14(12-15)17(18,19)20;/h2-9,12,16,21H,10-11H2,1H3;1H/i1D3;. The number of rotatable bonds is 6. The van der Waals surface area contributed by atoms with Crippen LogP contribution in [0.15, 0.2) is 54.6 Å². The van der Waals surface area contributed by atoms with E-state index in [1.54, 1.807) is 24.3 Å². The second-order valence-corrected chi connectivity index (χ2v) is 4.76. The van der Waals surface area contributed by atoms with Crippen molar-refractivity contribution in [3.8, 4) is 5.75 Å². The van der Waals surface area contributed by atoms with Crippen molar-refractivity contribution in [1.29, 1.82) is 0 Å². The van der Waals surface area contributed by atoms with E-state index in [9.17, 15) is 13.2 Å². The lowest BCUT2D eigenvalue weighted by Gasteiger charge is -2.20. The van der Waals surface area contributed by atoms with Gasteiger partial charge < -0.3 is 10.1 Å². The number of nitrogens with one attached hydrogen (secondary N) is 1. The molecule has 126 valence electrons. The largest absolute Gasteiger partial charge is 0.486 e. The van der Waals surface area contributed by atoms with E-state index in [1.165, 1.54) is 12.1 Å². The van der Waals surface area contributed by atoms with Gasteiger partial charge in [-0.15, -0.1) is 12.4 Å². The van der Waals surface area contributed by atoms with Gasteiger partial charge in [-0.1, -0.05) is 36.4 Å². The van der Waals surface area contributed by atoms with Crippen LogP contribution in [0.4, 0.5) is 13.2 Å². The second-order valence-electron chi connectivity index (χ2n) is 4.76. The van der Waals surface area contributed by atoms with Gasteiger partial charge in [-0.25, -0.2) is 0 Å². The highest BCUT2D eigenvalue weighted by Gasteiger charge is 2.30. The Bertz CT molecular complexity index is 681. The summed E-state index contributed by atoms with van der Waals surface area (Å²) >= 11 is 0. The van der Waals surface area contributed by atoms with Crippen LogP contribution in [0.1, 0.15) is 27.8 Å². The monoisotopic (exact) mass is 348 g/mol. The summed E-state index contributed by atoms with van der Waals surface area (Å²) in [5, 5.41) is 2.38. The Balaban J connectivity index is 0.00000338. The van der Waals surface area contributed by atoms with E-state index in [1.807, 2.05) is 6.07 Å². The number of benzene rings is 2. The van der Waals surface area contributed by atoms with Crippen molar-refractivity contribution in [2.24, 2.45) is 0 Å². The maximum absolute atomic E-state index is 12.8. The molecule has 0 aliphatic heterocycles. The van der Waals surface area contributed by atoms with Gasteiger partial charge in [0, 0.05) is 10.5 Å². The van der Waals surface area contributed by atoms with Crippen LogP contribution in [0.2, 0.25) is 0 Å². The molecule has 2 aromatic rings. The van der Waals surface area contributed by atoms with E-state index in [0.29, 0.717) is 6.42 Å². The minimum absolute atomic E-state index is 0. The lowest BCUT2D eigenvalue weighted by molar-refractivity contribution is -0.137. The molecule has 0 saturated heterocycles. The Hall–Kier alpha value is -1.72. The molecule has 1 N–H and O–H groups in total. The van der Waals surface area contributed by atoms with Crippen LogP contribution < -0.4 is 10.1 Å². The summed E-state index contributed by atoms with van der Waals surface area (Å²) in [5.74, 6) is 0.0811. The third-order valence-electron chi connectivity index (χ3n) is 3.14. The highest BCUT2D eigenvalue weighted by molar-refractivity contribution is 5.85. The summed E-state index contributed by atoms with van der Waals surface area (Å²) in [5.41, 5.74) is -0.0373. The molecule has 0 aromatic heterocycles. The van der Waals surface area contributed by atoms with E-state index >= 15 is 0 Å². The Morgan fingerprint density at radius 1 is 1.13 bits per heavy atom. The average Bonchev–Trinajstić information content (AvgIpc) is 2.53. The average molecular weight is 349 g/mol. The normalized spacial score (nSPS) is 14.8. The van der Waals surface area contributed by atoms with Gasteiger partial charge in [0.1, 0.15) is 11.9 Å². The first-order valence-electron chi connectivity index (χ1n) is 8.29. The first kappa shape index (κ1) is 14.8. The molecule has 1 atom stereocenters. The molecule has 2 nitrogen and oxygen atoms in total. The third-order valence-corrected chi connectivity index (χ3v) is 3.14. The van der Waals surface area contributed by atoms with Crippen LogP contribution in [-0.2, 0) is 6.18 Å². The molecule has 0 spiro atoms. The van der Waals surface area contributed by atoms with Crippen molar-refractivity contribution in [1.82, 2.24) is 5.32 Å². The summed E-state index contributed by atoms with van der Waals surface area (Å²) in [6.07, 6.45) is -4.73. The molecule has 0 saturated carbocycles. The minimum atomic E-state index is -4.45. The molecule has 0 fully saturated rings. The van der Waals surface area contributed by atoms with E-state index in [0.717, 1.165) is 17.7 Å². The molecule has 0 radical (unpaired) electrons. The number of halogens is 4. The second kappa shape index (κ2) is 8.79. The number of hydrogen-bond acceptors (Lipinski definition) is 2. The van der Waals surface area contributed by atoms with E-state index in [4.69, 9.17) is 8.85 Å². The van der Waals surface area contributed by atoms with Gasteiger partial charge >= 0.3 is 6.18 Å². The van der Waals surface area contributed by atoms with Gasteiger partial charge in [0.25, 0.3) is 0 Å².